The lowest BCUT2D eigenvalue weighted by Crippen LogP contribution is -2.48. The molecule has 1 aliphatic heterocycles. The molecule has 0 amide bonds. The van der Waals surface area contributed by atoms with Crippen LogP contribution in [0.3, 0.4) is 0 Å². The fourth-order valence-electron chi connectivity index (χ4n) is 4.71. The van der Waals surface area contributed by atoms with Crippen LogP contribution in [0.5, 0.6) is 5.75 Å². The van der Waals surface area contributed by atoms with E-state index in [2.05, 4.69) is 11.1 Å². The number of hydrogen-bond acceptors (Lipinski definition) is 6. The number of para-hydroxylation sites is 1. The number of nitrogens with zero attached hydrogens (tertiary/aromatic N) is 1. The first-order valence-electron chi connectivity index (χ1n) is 11.8. The van der Waals surface area contributed by atoms with Crippen LogP contribution in [0.4, 0.5) is 0 Å². The zero-order valence-corrected chi connectivity index (χ0v) is 22.0. The molecule has 5 rings (SSSR count). The molecule has 192 valence electrons. The van der Waals surface area contributed by atoms with E-state index in [0.717, 1.165) is 10.9 Å². The van der Waals surface area contributed by atoms with Crippen LogP contribution in [0, 0.1) is 17.2 Å². The van der Waals surface area contributed by atoms with Gasteiger partial charge >= 0.3 is 11.9 Å². The van der Waals surface area contributed by atoms with E-state index >= 15 is 0 Å². The van der Waals surface area contributed by atoms with E-state index in [4.69, 9.17) is 37.4 Å². The van der Waals surface area contributed by atoms with Crippen LogP contribution >= 0.6 is 23.2 Å². The molecule has 0 bridgehead atoms. The summed E-state index contributed by atoms with van der Waals surface area (Å²) >= 11 is 13.3. The summed E-state index contributed by atoms with van der Waals surface area (Å²) in [5, 5.41) is 10.5. The van der Waals surface area contributed by atoms with Crippen molar-refractivity contribution in [3.05, 3.63) is 99.2 Å². The number of nitriles is 1. The van der Waals surface area contributed by atoms with Gasteiger partial charge in [-0.25, -0.2) is 0 Å². The molecule has 4 aromatic rings. The van der Waals surface area contributed by atoms with Crippen molar-refractivity contribution in [2.75, 3.05) is 0 Å². The van der Waals surface area contributed by atoms with Gasteiger partial charge in [-0.1, -0.05) is 59.6 Å². The summed E-state index contributed by atoms with van der Waals surface area (Å²) in [6.07, 6.45) is 1.75. The van der Waals surface area contributed by atoms with Crippen LogP contribution in [-0.2, 0) is 25.7 Å². The molecule has 2 heterocycles. The number of carbonyl (C=O) groups excluding carboxylic acids is 2. The van der Waals surface area contributed by atoms with Gasteiger partial charge in [0.15, 0.2) is 11.7 Å². The number of halogens is 2. The van der Waals surface area contributed by atoms with Crippen LogP contribution in [0.1, 0.15) is 42.0 Å². The Labute approximate surface area is 228 Å². The van der Waals surface area contributed by atoms with Crippen LogP contribution in [0.15, 0.2) is 66.9 Å². The molecule has 1 aliphatic rings. The Morgan fingerprint density at radius 2 is 1.66 bits per heavy atom. The molecule has 1 saturated heterocycles. The fraction of sp³-hybridized carbons (Fsp3) is 0.207. The fourth-order valence-corrected chi connectivity index (χ4v) is 5.32. The number of cyclic esters (lactones) is 2. The average Bonchev–Trinajstić information content (AvgIpc) is 3.29. The molecule has 1 aromatic heterocycles. The van der Waals surface area contributed by atoms with Crippen molar-refractivity contribution in [2.45, 2.75) is 32.2 Å². The molecule has 7 nitrogen and oxygen atoms in total. The number of aromatic nitrogens is 1. The van der Waals surface area contributed by atoms with E-state index in [1.807, 2.05) is 24.3 Å². The highest BCUT2D eigenvalue weighted by Gasteiger charge is 2.48. The largest absolute Gasteiger partial charge is 0.486 e. The molecule has 1 N–H and O–H groups in total. The normalized spacial score (nSPS) is 16.0. The molecule has 0 spiro atoms. The van der Waals surface area contributed by atoms with Gasteiger partial charge in [0.25, 0.3) is 5.79 Å². The number of ether oxygens (including phenoxy) is 3. The predicted octanol–water partition coefficient (Wildman–Crippen LogP) is 6.51. The maximum absolute atomic E-state index is 13.2. The lowest BCUT2D eigenvalue weighted by molar-refractivity contribution is -0.240. The van der Waals surface area contributed by atoms with E-state index in [1.165, 1.54) is 13.8 Å². The lowest BCUT2D eigenvalue weighted by Gasteiger charge is -2.36. The number of hydrogen-bond donors (Lipinski definition) is 1. The maximum Gasteiger partial charge on any atom is 0.324 e. The monoisotopic (exact) mass is 548 g/mol. The lowest BCUT2D eigenvalue weighted by atomic mass is 9.80. The average molecular weight is 549 g/mol. The molecule has 1 fully saturated rings. The first kappa shape index (κ1) is 25.7. The Balaban J connectivity index is 1.57. The van der Waals surface area contributed by atoms with Crippen LogP contribution in [-0.4, -0.2) is 22.7 Å². The first-order valence-corrected chi connectivity index (χ1v) is 12.6. The molecule has 38 heavy (non-hydrogen) atoms. The summed E-state index contributed by atoms with van der Waals surface area (Å²) in [5.74, 6) is -4.67. The minimum atomic E-state index is -1.37. The first-order chi connectivity index (χ1) is 18.2. The Kier molecular flexibility index (Phi) is 6.78. The molecular formula is C29H22Cl2N2O5. The number of fused-ring (bicyclic) bond motifs is 1. The summed E-state index contributed by atoms with van der Waals surface area (Å²) in [7, 11) is 0. The van der Waals surface area contributed by atoms with Gasteiger partial charge in [-0.05, 0) is 35.4 Å². The summed E-state index contributed by atoms with van der Waals surface area (Å²) in [6, 6.07) is 20.0. The van der Waals surface area contributed by atoms with Gasteiger partial charge in [-0.15, -0.1) is 0 Å². The standard InChI is InChI=1S/C29H22Cl2N2O5/c1-29(2)37-27(34)25(28(35)38-29)24(20-14-33-23-10-6-5-9-19(20)23)18-11-21(30)26(22(31)12-18)36-15-17-8-4-3-7-16(17)13-32/h3-12,14,24-25,33H,15H2,1-2H3/t24-/m1/s1. The van der Waals surface area contributed by atoms with E-state index in [-0.39, 0.29) is 22.4 Å². The van der Waals surface area contributed by atoms with E-state index in [9.17, 15) is 14.9 Å². The van der Waals surface area contributed by atoms with Crippen LogP contribution in [0.2, 0.25) is 10.0 Å². The molecule has 0 saturated carbocycles. The van der Waals surface area contributed by atoms with Crippen LogP contribution < -0.4 is 4.74 Å². The third-order valence-electron chi connectivity index (χ3n) is 6.38. The molecule has 0 radical (unpaired) electrons. The highest BCUT2D eigenvalue weighted by Crippen LogP contribution is 2.44. The SMILES string of the molecule is CC1(C)OC(=O)C([C@H](c2cc(Cl)c(OCc3ccccc3C#N)c(Cl)c2)c2c[nH]c3ccccc23)C(=O)O1. The van der Waals surface area contributed by atoms with Gasteiger partial charge in [0, 0.05) is 42.4 Å². The number of H-pyrrole nitrogens is 1. The number of rotatable bonds is 6. The third-order valence-corrected chi connectivity index (χ3v) is 6.94. The second-order valence-corrected chi connectivity index (χ2v) is 10.2. The topological polar surface area (TPSA) is 101 Å². The third kappa shape index (κ3) is 4.81. The molecular weight excluding hydrogens is 527 g/mol. The summed E-state index contributed by atoms with van der Waals surface area (Å²) in [6.45, 7) is 3.08. The van der Waals surface area contributed by atoms with Crippen molar-refractivity contribution >= 4 is 46.0 Å². The molecule has 1 atom stereocenters. The Morgan fingerprint density at radius 3 is 2.34 bits per heavy atom. The van der Waals surface area contributed by atoms with E-state index < -0.39 is 29.6 Å². The van der Waals surface area contributed by atoms with Crippen LogP contribution in [0.25, 0.3) is 10.9 Å². The van der Waals surface area contributed by atoms with Crippen molar-refractivity contribution in [1.29, 1.82) is 5.26 Å². The molecule has 0 aliphatic carbocycles. The highest BCUT2D eigenvalue weighted by atomic mass is 35.5. The number of benzene rings is 3. The minimum Gasteiger partial charge on any atom is -0.486 e. The summed E-state index contributed by atoms with van der Waals surface area (Å²) in [4.78, 5) is 29.5. The minimum absolute atomic E-state index is 0.0742. The number of carbonyl (C=O) groups is 2. The van der Waals surface area contributed by atoms with Gasteiger partial charge < -0.3 is 19.2 Å². The van der Waals surface area contributed by atoms with Gasteiger partial charge in [0.2, 0.25) is 0 Å². The van der Waals surface area contributed by atoms with E-state index in [0.29, 0.717) is 22.3 Å². The Morgan fingerprint density at radius 1 is 1.03 bits per heavy atom. The molecule has 9 heteroatoms. The highest BCUT2D eigenvalue weighted by molar-refractivity contribution is 6.37. The second kappa shape index (κ2) is 10.1. The zero-order valence-electron chi connectivity index (χ0n) is 20.5. The van der Waals surface area contributed by atoms with Crippen molar-refractivity contribution in [3.8, 4) is 11.8 Å². The Bertz CT molecular complexity index is 1560. The van der Waals surface area contributed by atoms with E-state index in [1.54, 1.807) is 42.6 Å². The predicted molar refractivity (Wildman–Crippen MR) is 142 cm³/mol. The van der Waals surface area contributed by atoms with Gasteiger partial charge in [-0.2, -0.15) is 5.26 Å². The summed E-state index contributed by atoms with van der Waals surface area (Å²) < 4.78 is 16.8. The van der Waals surface area contributed by atoms with Gasteiger partial charge in [-0.3, -0.25) is 9.59 Å². The molecule has 0 unspecified atom stereocenters. The maximum atomic E-state index is 13.2. The van der Waals surface area contributed by atoms with Gasteiger partial charge in [0.05, 0.1) is 21.7 Å². The van der Waals surface area contributed by atoms with Crippen molar-refractivity contribution < 1.29 is 23.8 Å². The van der Waals surface area contributed by atoms with Crippen molar-refractivity contribution in [1.82, 2.24) is 4.98 Å². The number of aromatic amines is 1. The second-order valence-electron chi connectivity index (χ2n) is 9.36. The van der Waals surface area contributed by atoms with Crippen molar-refractivity contribution in [2.24, 2.45) is 5.92 Å². The smallest absolute Gasteiger partial charge is 0.324 e. The van der Waals surface area contributed by atoms with Gasteiger partial charge in [0.1, 0.15) is 6.61 Å². The molecule has 3 aromatic carbocycles. The number of esters is 2. The summed E-state index contributed by atoms with van der Waals surface area (Å²) in [5.41, 5.74) is 3.18. The quantitative estimate of drug-likeness (QED) is 0.217. The van der Waals surface area contributed by atoms with Crippen molar-refractivity contribution in [3.63, 3.8) is 0 Å². The Hall–Kier alpha value is -3.99. The zero-order chi connectivity index (χ0) is 27.0. The number of nitrogens with one attached hydrogen (secondary N) is 1.